The fraction of sp³-hybridized carbons (Fsp3) is 0.188. The number of rotatable bonds is 2. The predicted molar refractivity (Wildman–Crippen MR) is 94.4 cm³/mol. The Hall–Kier alpha value is -0.870. The van der Waals surface area contributed by atoms with Crippen LogP contribution in [-0.4, -0.2) is 11.7 Å². The van der Waals surface area contributed by atoms with Crippen molar-refractivity contribution >= 4 is 58.2 Å². The summed E-state index contributed by atoms with van der Waals surface area (Å²) in [4.78, 5) is 15.3. The van der Waals surface area contributed by atoms with E-state index >= 15 is 0 Å². The smallest absolute Gasteiger partial charge is 0.228 e. The molecule has 3 rings (SSSR count). The van der Waals surface area contributed by atoms with Crippen molar-refractivity contribution in [3.8, 4) is 0 Å². The summed E-state index contributed by atoms with van der Waals surface area (Å²) in [6.07, 6.45) is 0.498. The summed E-state index contributed by atoms with van der Waals surface area (Å²) in [6.45, 7) is 0.448. The second-order valence-electron chi connectivity index (χ2n) is 4.94. The first-order chi connectivity index (χ1) is 10.5. The van der Waals surface area contributed by atoms with Crippen LogP contribution in [-0.2, 0) is 11.3 Å². The lowest BCUT2D eigenvalue weighted by Gasteiger charge is -2.23. The van der Waals surface area contributed by atoms with Crippen molar-refractivity contribution in [2.45, 2.75) is 17.9 Å². The Balaban J connectivity index is 1.98. The van der Waals surface area contributed by atoms with Crippen molar-refractivity contribution in [1.82, 2.24) is 0 Å². The monoisotopic (exact) mass is 371 g/mol. The molecule has 0 bridgehead atoms. The SMILES string of the molecule is O=C1CCSc2ccc(Cl)cc2N1Cc1ccc(Cl)c(Cl)c1. The van der Waals surface area contributed by atoms with Gasteiger partial charge in [0.15, 0.2) is 0 Å². The van der Waals surface area contributed by atoms with Gasteiger partial charge < -0.3 is 4.90 Å². The lowest BCUT2D eigenvalue weighted by molar-refractivity contribution is -0.118. The van der Waals surface area contributed by atoms with E-state index in [0.29, 0.717) is 28.0 Å². The zero-order valence-corrected chi connectivity index (χ0v) is 14.6. The van der Waals surface area contributed by atoms with E-state index in [1.807, 2.05) is 24.3 Å². The lowest BCUT2D eigenvalue weighted by atomic mass is 10.2. The molecule has 0 radical (unpaired) electrons. The zero-order chi connectivity index (χ0) is 15.7. The third kappa shape index (κ3) is 3.38. The molecule has 114 valence electrons. The summed E-state index contributed by atoms with van der Waals surface area (Å²) in [6, 6.07) is 11.1. The molecule has 0 atom stereocenters. The third-order valence-corrected chi connectivity index (χ3v) is 5.45. The van der Waals surface area contributed by atoms with E-state index in [-0.39, 0.29) is 5.91 Å². The van der Waals surface area contributed by atoms with Crippen LogP contribution in [0, 0.1) is 0 Å². The van der Waals surface area contributed by atoms with Gasteiger partial charge in [-0.3, -0.25) is 4.79 Å². The molecular weight excluding hydrogens is 361 g/mol. The van der Waals surface area contributed by atoms with E-state index in [1.54, 1.807) is 28.8 Å². The molecule has 2 nitrogen and oxygen atoms in total. The van der Waals surface area contributed by atoms with Crippen LogP contribution in [0.4, 0.5) is 5.69 Å². The van der Waals surface area contributed by atoms with Crippen molar-refractivity contribution in [2.24, 2.45) is 0 Å². The predicted octanol–water partition coefficient (Wildman–Crippen LogP) is 5.68. The van der Waals surface area contributed by atoms with Gasteiger partial charge in [-0.15, -0.1) is 11.8 Å². The maximum atomic E-state index is 12.5. The van der Waals surface area contributed by atoms with Gasteiger partial charge in [-0.05, 0) is 35.9 Å². The van der Waals surface area contributed by atoms with Gasteiger partial charge in [0, 0.05) is 22.1 Å². The minimum absolute atomic E-state index is 0.0830. The summed E-state index contributed by atoms with van der Waals surface area (Å²) in [5.41, 5.74) is 1.78. The Morgan fingerprint density at radius 3 is 2.64 bits per heavy atom. The molecule has 2 aromatic carbocycles. The van der Waals surface area contributed by atoms with Crippen molar-refractivity contribution < 1.29 is 4.79 Å². The molecule has 0 N–H and O–H groups in total. The van der Waals surface area contributed by atoms with E-state index in [1.165, 1.54) is 0 Å². The number of hydrogen-bond acceptors (Lipinski definition) is 2. The quantitative estimate of drug-likeness (QED) is 0.676. The summed E-state index contributed by atoms with van der Waals surface area (Å²) >= 11 is 19.8. The van der Waals surface area contributed by atoms with E-state index < -0.39 is 0 Å². The minimum Gasteiger partial charge on any atom is -0.307 e. The Kier molecular flexibility index (Phi) is 4.88. The van der Waals surface area contributed by atoms with Crippen LogP contribution in [0.2, 0.25) is 15.1 Å². The molecule has 1 amide bonds. The molecule has 0 saturated heterocycles. The number of hydrogen-bond donors (Lipinski definition) is 0. The second kappa shape index (κ2) is 6.71. The van der Waals surface area contributed by atoms with Gasteiger partial charge in [0.1, 0.15) is 0 Å². The van der Waals surface area contributed by atoms with Gasteiger partial charge in [-0.1, -0.05) is 40.9 Å². The fourth-order valence-electron chi connectivity index (χ4n) is 2.34. The normalized spacial score (nSPS) is 14.7. The lowest BCUT2D eigenvalue weighted by Crippen LogP contribution is -2.29. The van der Waals surface area contributed by atoms with Crippen molar-refractivity contribution in [3.05, 3.63) is 57.0 Å². The largest absolute Gasteiger partial charge is 0.307 e. The molecule has 0 unspecified atom stereocenters. The third-order valence-electron chi connectivity index (χ3n) is 3.41. The molecule has 0 spiro atoms. The van der Waals surface area contributed by atoms with Gasteiger partial charge in [-0.2, -0.15) is 0 Å². The number of benzene rings is 2. The van der Waals surface area contributed by atoms with Crippen LogP contribution in [0.5, 0.6) is 0 Å². The minimum atomic E-state index is 0.0830. The Labute approximate surface area is 148 Å². The van der Waals surface area contributed by atoms with Gasteiger partial charge in [-0.25, -0.2) is 0 Å². The number of anilines is 1. The summed E-state index contributed by atoms with van der Waals surface area (Å²) in [5.74, 6) is 0.852. The Bertz CT molecular complexity index is 735. The van der Waals surface area contributed by atoms with Crippen LogP contribution in [0.1, 0.15) is 12.0 Å². The highest BCUT2D eigenvalue weighted by Crippen LogP contribution is 2.37. The first-order valence-electron chi connectivity index (χ1n) is 6.71. The molecule has 1 aliphatic rings. The van der Waals surface area contributed by atoms with Gasteiger partial charge in [0.05, 0.1) is 22.3 Å². The molecule has 6 heteroatoms. The zero-order valence-electron chi connectivity index (χ0n) is 11.5. The van der Waals surface area contributed by atoms with Crippen LogP contribution in [0.25, 0.3) is 0 Å². The number of halogens is 3. The van der Waals surface area contributed by atoms with Crippen LogP contribution < -0.4 is 4.90 Å². The van der Waals surface area contributed by atoms with Crippen LogP contribution in [0.15, 0.2) is 41.3 Å². The Morgan fingerprint density at radius 2 is 1.86 bits per heavy atom. The molecule has 0 aliphatic carbocycles. The molecule has 0 fully saturated rings. The average molecular weight is 373 g/mol. The summed E-state index contributed by atoms with van der Waals surface area (Å²) in [7, 11) is 0. The van der Waals surface area contributed by atoms with Gasteiger partial charge in [0.2, 0.25) is 5.91 Å². The molecule has 2 aromatic rings. The molecule has 22 heavy (non-hydrogen) atoms. The van der Waals surface area contributed by atoms with Crippen LogP contribution >= 0.6 is 46.6 Å². The van der Waals surface area contributed by atoms with Crippen molar-refractivity contribution in [2.75, 3.05) is 10.7 Å². The van der Waals surface area contributed by atoms with E-state index in [9.17, 15) is 4.79 Å². The van der Waals surface area contributed by atoms with Crippen molar-refractivity contribution in [3.63, 3.8) is 0 Å². The highest BCUT2D eigenvalue weighted by Gasteiger charge is 2.23. The number of carbonyl (C=O) groups excluding carboxylic acids is 1. The Morgan fingerprint density at radius 1 is 1.05 bits per heavy atom. The second-order valence-corrected chi connectivity index (χ2v) is 7.33. The number of fused-ring (bicyclic) bond motifs is 1. The number of amides is 1. The van der Waals surface area contributed by atoms with E-state index in [0.717, 1.165) is 21.9 Å². The van der Waals surface area contributed by atoms with Gasteiger partial charge >= 0.3 is 0 Å². The number of thioether (sulfide) groups is 1. The number of nitrogens with zero attached hydrogens (tertiary/aromatic N) is 1. The topological polar surface area (TPSA) is 20.3 Å². The van der Waals surface area contributed by atoms with E-state index in [2.05, 4.69) is 0 Å². The first-order valence-corrected chi connectivity index (χ1v) is 8.83. The van der Waals surface area contributed by atoms with Crippen molar-refractivity contribution in [1.29, 1.82) is 0 Å². The fourth-order valence-corrected chi connectivity index (χ4v) is 3.80. The van der Waals surface area contributed by atoms with Crippen LogP contribution in [0.3, 0.4) is 0 Å². The summed E-state index contributed by atoms with van der Waals surface area (Å²) in [5, 5.41) is 1.61. The summed E-state index contributed by atoms with van der Waals surface area (Å²) < 4.78 is 0. The highest BCUT2D eigenvalue weighted by molar-refractivity contribution is 7.99. The molecule has 0 aromatic heterocycles. The standard InChI is InChI=1S/C16H12Cl3NOS/c17-11-2-4-15-14(8-11)20(16(21)5-6-22-15)9-10-1-3-12(18)13(19)7-10/h1-4,7-8H,5-6,9H2. The number of carbonyl (C=O) groups is 1. The molecular formula is C16H12Cl3NOS. The first kappa shape index (κ1) is 16.0. The average Bonchev–Trinajstić information content (AvgIpc) is 2.63. The molecule has 0 saturated carbocycles. The maximum Gasteiger partial charge on any atom is 0.228 e. The van der Waals surface area contributed by atoms with E-state index in [4.69, 9.17) is 34.8 Å². The molecule has 1 heterocycles. The molecule has 1 aliphatic heterocycles. The maximum absolute atomic E-state index is 12.5. The highest BCUT2D eigenvalue weighted by atomic mass is 35.5. The van der Waals surface area contributed by atoms with Gasteiger partial charge in [0.25, 0.3) is 0 Å².